The molecule has 0 N–H and O–H groups in total. The Kier molecular flexibility index (Phi) is 3.63. The van der Waals surface area contributed by atoms with Gasteiger partial charge in [-0.15, -0.1) is 0 Å². The summed E-state index contributed by atoms with van der Waals surface area (Å²) in [5.74, 6) is 0.524. The van der Waals surface area contributed by atoms with Crippen LogP contribution in [-0.2, 0) is 0 Å². The number of rotatable bonds is 2. The van der Waals surface area contributed by atoms with Crippen molar-refractivity contribution >= 4 is 23.2 Å². The molecule has 0 aliphatic rings. The summed E-state index contributed by atoms with van der Waals surface area (Å²) >= 11 is 12.0. The maximum absolute atomic E-state index is 6.04. The molecule has 0 spiro atoms. The summed E-state index contributed by atoms with van der Waals surface area (Å²) in [7, 11) is 0. The number of hydrogen-bond acceptors (Lipinski definition) is 0. The van der Waals surface area contributed by atoms with Crippen molar-refractivity contribution in [3.63, 3.8) is 0 Å². The summed E-state index contributed by atoms with van der Waals surface area (Å²) in [4.78, 5) is 0. The molecule has 1 atom stereocenters. The Morgan fingerprint density at radius 1 is 1.31 bits per heavy atom. The first-order valence-corrected chi connectivity index (χ1v) is 5.27. The minimum absolute atomic E-state index is 0.524. The summed E-state index contributed by atoms with van der Waals surface area (Å²) in [5, 5.41) is 1.49. The summed E-state index contributed by atoms with van der Waals surface area (Å²) in [6.45, 7) is 6.40. The van der Waals surface area contributed by atoms with Crippen molar-refractivity contribution in [3.05, 3.63) is 33.3 Å². The first kappa shape index (κ1) is 10.9. The summed E-state index contributed by atoms with van der Waals surface area (Å²) in [6, 6.07) is 3.81. The lowest BCUT2D eigenvalue weighted by molar-refractivity contribution is 0.728. The van der Waals surface area contributed by atoms with Gasteiger partial charge in [-0.25, -0.2) is 0 Å². The molecule has 0 fully saturated rings. The predicted octanol–water partition coefficient (Wildman–Crippen LogP) is 4.82. The molecule has 1 aromatic carbocycles. The first-order chi connectivity index (χ1) is 6.06. The van der Waals surface area contributed by atoms with Crippen LogP contribution in [0.15, 0.2) is 12.1 Å². The Morgan fingerprint density at radius 3 is 2.46 bits per heavy atom. The van der Waals surface area contributed by atoms with E-state index in [0.717, 1.165) is 22.0 Å². The number of halogens is 2. The highest BCUT2D eigenvalue weighted by molar-refractivity contribution is 6.35. The Morgan fingerprint density at radius 2 is 1.92 bits per heavy atom. The van der Waals surface area contributed by atoms with Crippen molar-refractivity contribution in [2.24, 2.45) is 0 Å². The van der Waals surface area contributed by atoms with Crippen LogP contribution in [0.4, 0.5) is 0 Å². The minimum atomic E-state index is 0.524. The summed E-state index contributed by atoms with van der Waals surface area (Å²) in [5.41, 5.74) is 2.42. The Hall–Kier alpha value is -0.200. The SMILES string of the molecule is CC[C@H](C)c1cc(Cl)cc(Cl)c1C. The molecule has 0 nitrogen and oxygen atoms in total. The zero-order valence-corrected chi connectivity index (χ0v) is 9.71. The fraction of sp³-hybridized carbons (Fsp3) is 0.455. The zero-order valence-electron chi connectivity index (χ0n) is 8.20. The van der Waals surface area contributed by atoms with Gasteiger partial charge in [0.25, 0.3) is 0 Å². The Balaban J connectivity index is 3.20. The fourth-order valence-corrected chi connectivity index (χ4v) is 1.91. The van der Waals surface area contributed by atoms with Gasteiger partial charge in [-0.3, -0.25) is 0 Å². The second kappa shape index (κ2) is 4.34. The maximum atomic E-state index is 6.04. The minimum Gasteiger partial charge on any atom is -0.0843 e. The smallest absolute Gasteiger partial charge is 0.0452 e. The van der Waals surface area contributed by atoms with E-state index < -0.39 is 0 Å². The van der Waals surface area contributed by atoms with Crippen molar-refractivity contribution in [2.45, 2.75) is 33.1 Å². The van der Waals surface area contributed by atoms with Crippen LogP contribution in [0.25, 0.3) is 0 Å². The van der Waals surface area contributed by atoms with Crippen LogP contribution in [0.1, 0.15) is 37.3 Å². The second-order valence-electron chi connectivity index (χ2n) is 3.41. The molecule has 0 heterocycles. The number of hydrogen-bond donors (Lipinski definition) is 0. The Bertz CT molecular complexity index is 305. The van der Waals surface area contributed by atoms with Gasteiger partial charge in [0.05, 0.1) is 0 Å². The monoisotopic (exact) mass is 216 g/mol. The van der Waals surface area contributed by atoms with Crippen LogP contribution in [0.3, 0.4) is 0 Å². The third-order valence-electron chi connectivity index (χ3n) is 2.49. The van der Waals surface area contributed by atoms with E-state index in [9.17, 15) is 0 Å². The van der Waals surface area contributed by atoms with E-state index in [4.69, 9.17) is 23.2 Å². The van der Waals surface area contributed by atoms with Gasteiger partial charge in [0.1, 0.15) is 0 Å². The normalized spacial score (nSPS) is 13.0. The van der Waals surface area contributed by atoms with Crippen molar-refractivity contribution in [1.82, 2.24) is 0 Å². The van der Waals surface area contributed by atoms with Gasteiger partial charge in [0, 0.05) is 10.0 Å². The average Bonchev–Trinajstić information content (AvgIpc) is 2.10. The molecule has 0 radical (unpaired) electrons. The molecule has 0 aromatic heterocycles. The highest BCUT2D eigenvalue weighted by atomic mass is 35.5. The molecule has 1 rings (SSSR count). The van der Waals surface area contributed by atoms with E-state index in [0.29, 0.717) is 5.92 Å². The van der Waals surface area contributed by atoms with E-state index in [-0.39, 0.29) is 0 Å². The molecule has 0 aliphatic carbocycles. The van der Waals surface area contributed by atoms with Crippen LogP contribution in [-0.4, -0.2) is 0 Å². The van der Waals surface area contributed by atoms with Gasteiger partial charge in [-0.1, -0.05) is 37.0 Å². The molecule has 0 saturated heterocycles. The van der Waals surface area contributed by atoms with Gasteiger partial charge in [-0.05, 0) is 42.5 Å². The van der Waals surface area contributed by atoms with Gasteiger partial charge in [-0.2, -0.15) is 0 Å². The number of benzene rings is 1. The summed E-state index contributed by atoms with van der Waals surface area (Å²) < 4.78 is 0. The lowest BCUT2D eigenvalue weighted by atomic mass is 9.94. The molecule has 0 bridgehead atoms. The third kappa shape index (κ3) is 2.38. The maximum Gasteiger partial charge on any atom is 0.0452 e. The van der Waals surface area contributed by atoms with Crippen LogP contribution in [0.2, 0.25) is 10.0 Å². The van der Waals surface area contributed by atoms with E-state index in [1.54, 1.807) is 6.07 Å². The molecule has 0 aliphatic heterocycles. The average molecular weight is 217 g/mol. The lowest BCUT2D eigenvalue weighted by Crippen LogP contribution is -1.95. The molecular weight excluding hydrogens is 203 g/mol. The van der Waals surface area contributed by atoms with Crippen molar-refractivity contribution in [1.29, 1.82) is 0 Å². The third-order valence-corrected chi connectivity index (χ3v) is 3.10. The predicted molar refractivity (Wildman–Crippen MR) is 59.9 cm³/mol. The van der Waals surface area contributed by atoms with Gasteiger partial charge < -0.3 is 0 Å². The highest BCUT2D eigenvalue weighted by Crippen LogP contribution is 2.30. The lowest BCUT2D eigenvalue weighted by Gasteiger charge is -2.14. The highest BCUT2D eigenvalue weighted by Gasteiger charge is 2.09. The molecule has 13 heavy (non-hydrogen) atoms. The van der Waals surface area contributed by atoms with E-state index >= 15 is 0 Å². The van der Waals surface area contributed by atoms with Crippen molar-refractivity contribution in [3.8, 4) is 0 Å². The standard InChI is InChI=1S/C11H14Cl2/c1-4-7(2)10-5-9(12)6-11(13)8(10)3/h5-7H,4H2,1-3H3/t7-/m0/s1. The van der Waals surface area contributed by atoms with E-state index in [1.807, 2.05) is 13.0 Å². The zero-order chi connectivity index (χ0) is 10.0. The fourth-order valence-electron chi connectivity index (χ4n) is 1.40. The second-order valence-corrected chi connectivity index (χ2v) is 4.25. The molecule has 0 amide bonds. The van der Waals surface area contributed by atoms with Crippen LogP contribution < -0.4 is 0 Å². The largest absolute Gasteiger partial charge is 0.0843 e. The van der Waals surface area contributed by atoms with Crippen molar-refractivity contribution in [2.75, 3.05) is 0 Å². The Labute approximate surface area is 89.9 Å². The summed E-state index contributed by atoms with van der Waals surface area (Å²) in [6.07, 6.45) is 1.11. The van der Waals surface area contributed by atoms with Gasteiger partial charge in [0.2, 0.25) is 0 Å². The molecule has 72 valence electrons. The van der Waals surface area contributed by atoms with E-state index in [1.165, 1.54) is 5.56 Å². The van der Waals surface area contributed by atoms with Crippen LogP contribution in [0, 0.1) is 6.92 Å². The topological polar surface area (TPSA) is 0 Å². The molecule has 1 aromatic rings. The molecule has 0 saturated carbocycles. The van der Waals surface area contributed by atoms with Crippen LogP contribution in [0.5, 0.6) is 0 Å². The first-order valence-electron chi connectivity index (χ1n) is 4.51. The molecule has 2 heteroatoms. The van der Waals surface area contributed by atoms with Gasteiger partial charge in [0.15, 0.2) is 0 Å². The van der Waals surface area contributed by atoms with Gasteiger partial charge >= 0.3 is 0 Å². The quantitative estimate of drug-likeness (QED) is 0.666. The van der Waals surface area contributed by atoms with Crippen molar-refractivity contribution < 1.29 is 0 Å². The molecule has 0 unspecified atom stereocenters. The van der Waals surface area contributed by atoms with E-state index in [2.05, 4.69) is 13.8 Å². The van der Waals surface area contributed by atoms with Crippen LogP contribution >= 0.6 is 23.2 Å². The molecular formula is C11H14Cl2.